The maximum Gasteiger partial charge on any atom is 0.338 e. The first-order chi connectivity index (χ1) is 12.8. The summed E-state index contributed by atoms with van der Waals surface area (Å²) in [4.78, 5) is 17.3. The van der Waals surface area contributed by atoms with Gasteiger partial charge in [-0.3, -0.25) is 4.68 Å². The quantitative estimate of drug-likeness (QED) is 0.486. The lowest BCUT2D eigenvalue weighted by atomic mass is 10.1. The van der Waals surface area contributed by atoms with Gasteiger partial charge in [-0.2, -0.15) is 10.1 Å². The van der Waals surface area contributed by atoms with Crippen LogP contribution in [0.15, 0.2) is 64.8 Å². The van der Waals surface area contributed by atoms with E-state index in [1.807, 2.05) is 46.6 Å². The third-order valence-electron chi connectivity index (χ3n) is 3.63. The summed E-state index contributed by atoms with van der Waals surface area (Å²) in [6.07, 6.45) is 3.62. The second-order valence-electron chi connectivity index (χ2n) is 5.47. The zero-order valence-electron chi connectivity index (χ0n) is 13.6. The van der Waals surface area contributed by atoms with Crippen molar-refractivity contribution in [2.24, 2.45) is 0 Å². The Morgan fingerprint density at radius 3 is 2.81 bits per heavy atom. The second kappa shape index (κ2) is 7.32. The molecule has 130 valence electrons. The Labute approximate surface area is 152 Å². The van der Waals surface area contributed by atoms with E-state index in [-0.39, 0.29) is 12.5 Å². The van der Waals surface area contributed by atoms with Gasteiger partial charge in [0.05, 0.1) is 17.0 Å². The van der Waals surface area contributed by atoms with Crippen molar-refractivity contribution in [3.05, 3.63) is 77.3 Å². The fourth-order valence-electron chi connectivity index (χ4n) is 2.36. The monoisotopic (exact) mass is 366 g/mol. The number of ether oxygens (including phenoxy) is 1. The van der Waals surface area contributed by atoms with Gasteiger partial charge in [0, 0.05) is 12.4 Å². The highest BCUT2D eigenvalue weighted by Gasteiger charge is 2.13. The van der Waals surface area contributed by atoms with E-state index in [9.17, 15) is 4.79 Å². The summed E-state index contributed by atoms with van der Waals surface area (Å²) in [5, 5.41) is 9.97. The number of thiophene rings is 1. The van der Waals surface area contributed by atoms with Gasteiger partial charge >= 0.3 is 5.97 Å². The number of esters is 1. The van der Waals surface area contributed by atoms with Crippen LogP contribution in [-0.2, 0) is 17.9 Å². The number of rotatable bonds is 6. The molecule has 0 radical (unpaired) electrons. The molecule has 0 saturated heterocycles. The zero-order chi connectivity index (χ0) is 17.8. The highest BCUT2D eigenvalue weighted by Crippen LogP contribution is 2.21. The number of hydrogen-bond donors (Lipinski definition) is 0. The lowest BCUT2D eigenvalue weighted by Gasteiger charge is -2.04. The number of benzene rings is 1. The molecule has 8 heteroatoms. The van der Waals surface area contributed by atoms with Gasteiger partial charge in [-0.15, -0.1) is 11.3 Å². The SMILES string of the molecule is O=C(OCc1nc(-c2cccs2)no1)c1ccc(Cn2cccn2)cc1. The molecular weight excluding hydrogens is 352 g/mol. The summed E-state index contributed by atoms with van der Waals surface area (Å²) in [5.41, 5.74) is 1.51. The molecule has 0 aliphatic rings. The maximum absolute atomic E-state index is 12.2. The molecule has 0 bridgehead atoms. The lowest BCUT2D eigenvalue weighted by Crippen LogP contribution is -2.06. The number of hydrogen-bond acceptors (Lipinski definition) is 7. The summed E-state index contributed by atoms with van der Waals surface area (Å²) in [7, 11) is 0. The molecule has 0 saturated carbocycles. The van der Waals surface area contributed by atoms with Gasteiger partial charge in [0.1, 0.15) is 0 Å². The van der Waals surface area contributed by atoms with Gasteiger partial charge in [0.2, 0.25) is 5.82 Å². The van der Waals surface area contributed by atoms with Crippen molar-refractivity contribution in [2.45, 2.75) is 13.2 Å². The summed E-state index contributed by atoms with van der Waals surface area (Å²) >= 11 is 1.51. The first kappa shape index (κ1) is 16.2. The molecule has 3 heterocycles. The van der Waals surface area contributed by atoms with Gasteiger partial charge in [-0.1, -0.05) is 23.4 Å². The van der Waals surface area contributed by atoms with E-state index < -0.39 is 5.97 Å². The normalized spacial score (nSPS) is 10.8. The average molecular weight is 366 g/mol. The van der Waals surface area contributed by atoms with E-state index in [0.717, 1.165) is 10.4 Å². The molecule has 26 heavy (non-hydrogen) atoms. The average Bonchev–Trinajstić information content (AvgIpc) is 3.41. The van der Waals surface area contributed by atoms with Crippen molar-refractivity contribution in [2.75, 3.05) is 0 Å². The van der Waals surface area contributed by atoms with Gasteiger partial charge in [0.25, 0.3) is 5.89 Å². The van der Waals surface area contributed by atoms with Gasteiger partial charge < -0.3 is 9.26 Å². The molecule has 1 aromatic carbocycles. The molecule has 0 aliphatic carbocycles. The minimum Gasteiger partial charge on any atom is -0.452 e. The minimum atomic E-state index is -0.438. The van der Waals surface area contributed by atoms with Crippen LogP contribution in [0.4, 0.5) is 0 Å². The van der Waals surface area contributed by atoms with E-state index in [1.165, 1.54) is 11.3 Å². The van der Waals surface area contributed by atoms with Gasteiger partial charge in [0.15, 0.2) is 6.61 Å². The standard InChI is InChI=1S/C18H14N4O3S/c23-18(14-6-4-13(5-7-14)11-22-9-2-8-19-22)24-12-16-20-17(21-25-16)15-3-1-10-26-15/h1-10H,11-12H2. The molecule has 0 unspecified atom stereocenters. The third-order valence-corrected chi connectivity index (χ3v) is 4.50. The zero-order valence-corrected chi connectivity index (χ0v) is 14.4. The van der Waals surface area contributed by atoms with Crippen LogP contribution in [0.1, 0.15) is 21.8 Å². The molecule has 7 nitrogen and oxygen atoms in total. The predicted molar refractivity (Wildman–Crippen MR) is 94.5 cm³/mol. The molecular formula is C18H14N4O3S. The second-order valence-corrected chi connectivity index (χ2v) is 6.41. The van der Waals surface area contributed by atoms with Crippen molar-refractivity contribution in [1.29, 1.82) is 0 Å². The molecule has 0 fully saturated rings. The van der Waals surface area contributed by atoms with E-state index in [2.05, 4.69) is 15.2 Å². The lowest BCUT2D eigenvalue weighted by molar-refractivity contribution is 0.0430. The van der Waals surface area contributed by atoms with E-state index in [0.29, 0.717) is 17.9 Å². The maximum atomic E-state index is 12.2. The smallest absolute Gasteiger partial charge is 0.338 e. The number of nitrogens with zero attached hydrogens (tertiary/aromatic N) is 4. The molecule has 0 spiro atoms. The van der Waals surface area contributed by atoms with Crippen LogP contribution in [0.25, 0.3) is 10.7 Å². The number of aromatic nitrogens is 4. The molecule has 3 aromatic heterocycles. The van der Waals surface area contributed by atoms with Gasteiger partial charge in [-0.05, 0) is 35.2 Å². The van der Waals surface area contributed by atoms with Crippen LogP contribution >= 0.6 is 11.3 Å². The molecule has 0 amide bonds. The Kier molecular flexibility index (Phi) is 4.57. The molecule has 4 aromatic rings. The molecule has 0 aliphatic heterocycles. The highest BCUT2D eigenvalue weighted by molar-refractivity contribution is 7.13. The van der Waals surface area contributed by atoms with E-state index >= 15 is 0 Å². The Morgan fingerprint density at radius 2 is 2.08 bits per heavy atom. The molecule has 4 rings (SSSR count). The first-order valence-electron chi connectivity index (χ1n) is 7.88. The summed E-state index contributed by atoms with van der Waals surface area (Å²) in [6, 6.07) is 12.9. The Balaban J connectivity index is 1.34. The van der Waals surface area contributed by atoms with Crippen LogP contribution in [-0.4, -0.2) is 25.9 Å². The van der Waals surface area contributed by atoms with Crippen molar-refractivity contribution >= 4 is 17.3 Å². The van der Waals surface area contributed by atoms with Gasteiger partial charge in [-0.25, -0.2) is 4.79 Å². The fraction of sp³-hybridized carbons (Fsp3) is 0.111. The van der Waals surface area contributed by atoms with Crippen molar-refractivity contribution in [3.63, 3.8) is 0 Å². The van der Waals surface area contributed by atoms with E-state index in [1.54, 1.807) is 18.3 Å². The van der Waals surface area contributed by atoms with Crippen LogP contribution in [0.2, 0.25) is 0 Å². The molecule has 0 N–H and O–H groups in total. The molecule has 0 atom stereocenters. The van der Waals surface area contributed by atoms with Crippen LogP contribution in [0, 0.1) is 0 Å². The van der Waals surface area contributed by atoms with Crippen molar-refractivity contribution in [3.8, 4) is 10.7 Å². The van der Waals surface area contributed by atoms with Crippen LogP contribution < -0.4 is 0 Å². The largest absolute Gasteiger partial charge is 0.452 e. The topological polar surface area (TPSA) is 83.0 Å². The Hall–Kier alpha value is -3.26. The predicted octanol–water partition coefficient (Wildman–Crippen LogP) is 3.40. The summed E-state index contributed by atoms with van der Waals surface area (Å²) in [6.45, 7) is 0.585. The number of carbonyl (C=O) groups excluding carboxylic acids is 1. The number of carbonyl (C=O) groups is 1. The minimum absolute atomic E-state index is 0.0632. The van der Waals surface area contributed by atoms with Crippen LogP contribution in [0.3, 0.4) is 0 Å². The summed E-state index contributed by atoms with van der Waals surface area (Å²) in [5.74, 6) is 0.317. The summed E-state index contributed by atoms with van der Waals surface area (Å²) < 4.78 is 12.2. The first-order valence-corrected chi connectivity index (χ1v) is 8.76. The van der Waals surface area contributed by atoms with Crippen LogP contribution in [0.5, 0.6) is 0 Å². The van der Waals surface area contributed by atoms with Crippen molar-refractivity contribution in [1.82, 2.24) is 19.9 Å². The van der Waals surface area contributed by atoms with E-state index in [4.69, 9.17) is 9.26 Å². The Bertz CT molecular complexity index is 976. The fourth-order valence-corrected chi connectivity index (χ4v) is 3.01. The Morgan fingerprint density at radius 1 is 1.19 bits per heavy atom. The third kappa shape index (κ3) is 3.70. The van der Waals surface area contributed by atoms with Crippen molar-refractivity contribution < 1.29 is 14.1 Å². The highest BCUT2D eigenvalue weighted by atomic mass is 32.1.